The first-order valence-corrected chi connectivity index (χ1v) is 8.45. The van der Waals surface area contributed by atoms with Crippen molar-refractivity contribution in [3.05, 3.63) is 35.9 Å². The molecule has 1 aromatic carbocycles. The van der Waals surface area contributed by atoms with Crippen LogP contribution >= 0.6 is 11.8 Å². The minimum atomic E-state index is 0.235. The van der Waals surface area contributed by atoms with E-state index in [1.165, 1.54) is 5.56 Å². The second kappa shape index (κ2) is 8.32. The molecule has 0 saturated carbocycles. The summed E-state index contributed by atoms with van der Waals surface area (Å²) >= 11 is 1.72. The smallest absolute Gasteiger partial charge is 0.232 e. The van der Waals surface area contributed by atoms with Gasteiger partial charge in [-0.2, -0.15) is 11.8 Å². The molecule has 2 rings (SSSR count). The minimum Gasteiger partial charge on any atom is -0.396 e. The lowest BCUT2D eigenvalue weighted by atomic mass is 10.1. The topological polar surface area (TPSA) is 40.5 Å². The molecule has 1 aliphatic heterocycles. The summed E-state index contributed by atoms with van der Waals surface area (Å²) in [5.74, 6) is 2.32. The van der Waals surface area contributed by atoms with E-state index in [2.05, 4.69) is 24.3 Å². The Morgan fingerprint density at radius 1 is 1.35 bits per heavy atom. The van der Waals surface area contributed by atoms with Gasteiger partial charge < -0.3 is 10.0 Å². The Kier molecular flexibility index (Phi) is 6.40. The number of benzene rings is 1. The van der Waals surface area contributed by atoms with Crippen molar-refractivity contribution in [1.29, 1.82) is 0 Å². The largest absolute Gasteiger partial charge is 0.396 e. The average molecular weight is 293 g/mol. The molecule has 1 saturated heterocycles. The lowest BCUT2D eigenvalue weighted by Gasteiger charge is -2.16. The number of aliphatic hydroxyl groups is 1. The molecule has 1 heterocycles. The van der Waals surface area contributed by atoms with E-state index in [9.17, 15) is 4.79 Å². The van der Waals surface area contributed by atoms with Gasteiger partial charge >= 0.3 is 0 Å². The number of hydrogen-bond donors (Lipinski definition) is 1. The van der Waals surface area contributed by atoms with Gasteiger partial charge in [-0.15, -0.1) is 0 Å². The molecule has 1 aliphatic rings. The van der Waals surface area contributed by atoms with Gasteiger partial charge in [-0.05, 0) is 36.5 Å². The lowest BCUT2D eigenvalue weighted by molar-refractivity contribution is -0.127. The van der Waals surface area contributed by atoms with Crippen LogP contribution in [0.1, 0.15) is 18.4 Å². The summed E-state index contributed by atoms with van der Waals surface area (Å²) in [5, 5.41) is 8.93. The van der Waals surface area contributed by atoms with Crippen molar-refractivity contribution in [3.63, 3.8) is 0 Å². The van der Waals surface area contributed by atoms with Crippen LogP contribution in [0, 0.1) is 5.92 Å². The molecule has 0 aliphatic carbocycles. The van der Waals surface area contributed by atoms with Crippen LogP contribution in [0.5, 0.6) is 0 Å². The summed E-state index contributed by atoms with van der Waals surface area (Å²) < 4.78 is 0. The van der Waals surface area contributed by atoms with Crippen molar-refractivity contribution in [2.24, 2.45) is 5.92 Å². The number of carbonyl (C=O) groups is 1. The second-order valence-corrected chi connectivity index (χ2v) is 6.40. The molecule has 0 radical (unpaired) electrons. The fourth-order valence-corrected chi connectivity index (χ4v) is 3.44. The SMILES string of the molecule is O=C(CSCCc1ccccc1)N1CCC(CCO)C1. The number of amides is 1. The quantitative estimate of drug-likeness (QED) is 0.784. The first kappa shape index (κ1) is 15.4. The number of rotatable bonds is 7. The predicted molar refractivity (Wildman–Crippen MR) is 83.9 cm³/mol. The third kappa shape index (κ3) is 4.84. The van der Waals surface area contributed by atoms with Gasteiger partial charge in [0.05, 0.1) is 5.75 Å². The molecule has 1 fully saturated rings. The number of carbonyl (C=O) groups excluding carboxylic acids is 1. The molecule has 1 amide bonds. The van der Waals surface area contributed by atoms with Crippen LogP contribution in [0.2, 0.25) is 0 Å². The molecule has 110 valence electrons. The highest BCUT2D eigenvalue weighted by Crippen LogP contribution is 2.20. The van der Waals surface area contributed by atoms with E-state index in [1.807, 2.05) is 11.0 Å². The molecule has 1 aromatic rings. The summed E-state index contributed by atoms with van der Waals surface area (Å²) in [4.78, 5) is 14.0. The van der Waals surface area contributed by atoms with Gasteiger partial charge in [0.25, 0.3) is 0 Å². The predicted octanol–water partition coefficient (Wildman–Crippen LogP) is 2.19. The first-order chi connectivity index (χ1) is 9.79. The van der Waals surface area contributed by atoms with Crippen molar-refractivity contribution >= 4 is 17.7 Å². The van der Waals surface area contributed by atoms with Crippen LogP contribution in [0.25, 0.3) is 0 Å². The summed E-state index contributed by atoms with van der Waals surface area (Å²) in [5.41, 5.74) is 1.33. The Morgan fingerprint density at radius 3 is 2.90 bits per heavy atom. The van der Waals surface area contributed by atoms with Crippen LogP contribution in [-0.2, 0) is 11.2 Å². The zero-order chi connectivity index (χ0) is 14.2. The standard InChI is InChI=1S/C16H23NO2S/c18-10-7-15-6-9-17(12-15)16(19)13-20-11-8-14-4-2-1-3-5-14/h1-5,15,18H,6-13H2. The molecule has 0 bridgehead atoms. The van der Waals surface area contributed by atoms with Gasteiger partial charge in [0, 0.05) is 19.7 Å². The Labute approximate surface area is 125 Å². The Balaban J connectivity index is 1.61. The maximum atomic E-state index is 12.0. The zero-order valence-electron chi connectivity index (χ0n) is 11.8. The molecule has 1 unspecified atom stereocenters. The van der Waals surface area contributed by atoms with E-state index in [1.54, 1.807) is 11.8 Å². The van der Waals surface area contributed by atoms with E-state index in [0.29, 0.717) is 11.7 Å². The number of aryl methyl sites for hydroxylation is 1. The van der Waals surface area contributed by atoms with E-state index in [-0.39, 0.29) is 12.5 Å². The lowest BCUT2D eigenvalue weighted by Crippen LogP contribution is -2.30. The van der Waals surface area contributed by atoms with Crippen molar-refractivity contribution in [2.45, 2.75) is 19.3 Å². The molecule has 1 N–H and O–H groups in total. The van der Waals surface area contributed by atoms with E-state index < -0.39 is 0 Å². The summed E-state index contributed by atoms with van der Waals surface area (Å²) in [7, 11) is 0. The monoisotopic (exact) mass is 293 g/mol. The van der Waals surface area contributed by atoms with Gasteiger partial charge in [0.1, 0.15) is 0 Å². The van der Waals surface area contributed by atoms with Crippen molar-refractivity contribution in [3.8, 4) is 0 Å². The minimum absolute atomic E-state index is 0.235. The average Bonchev–Trinajstić information content (AvgIpc) is 2.94. The molecular formula is C16H23NO2S. The molecular weight excluding hydrogens is 270 g/mol. The Hall–Kier alpha value is -1.00. The van der Waals surface area contributed by atoms with Gasteiger partial charge in [-0.25, -0.2) is 0 Å². The van der Waals surface area contributed by atoms with Crippen molar-refractivity contribution in [2.75, 3.05) is 31.2 Å². The van der Waals surface area contributed by atoms with Crippen molar-refractivity contribution < 1.29 is 9.90 Å². The molecule has 0 aromatic heterocycles. The number of aliphatic hydroxyl groups excluding tert-OH is 1. The van der Waals surface area contributed by atoms with Crippen LogP contribution in [0.15, 0.2) is 30.3 Å². The number of hydrogen-bond acceptors (Lipinski definition) is 3. The zero-order valence-corrected chi connectivity index (χ0v) is 12.6. The summed E-state index contributed by atoms with van der Waals surface area (Å²) in [6, 6.07) is 10.4. The molecule has 0 spiro atoms. The van der Waals surface area contributed by atoms with Gasteiger partial charge in [-0.1, -0.05) is 30.3 Å². The maximum absolute atomic E-state index is 12.0. The highest BCUT2D eigenvalue weighted by molar-refractivity contribution is 7.99. The second-order valence-electron chi connectivity index (χ2n) is 5.29. The van der Waals surface area contributed by atoms with Crippen LogP contribution < -0.4 is 0 Å². The summed E-state index contributed by atoms with van der Waals surface area (Å²) in [6.07, 6.45) is 2.89. The van der Waals surface area contributed by atoms with Crippen molar-refractivity contribution in [1.82, 2.24) is 4.90 Å². The normalized spacial score (nSPS) is 18.4. The maximum Gasteiger partial charge on any atom is 0.232 e. The van der Waals surface area contributed by atoms with E-state index in [0.717, 1.165) is 38.1 Å². The van der Waals surface area contributed by atoms with Gasteiger partial charge in [-0.3, -0.25) is 4.79 Å². The van der Waals surface area contributed by atoms with E-state index >= 15 is 0 Å². The Bertz CT molecular complexity index is 410. The first-order valence-electron chi connectivity index (χ1n) is 7.30. The van der Waals surface area contributed by atoms with Gasteiger partial charge in [0.2, 0.25) is 5.91 Å². The highest BCUT2D eigenvalue weighted by Gasteiger charge is 2.25. The van der Waals surface area contributed by atoms with Crippen LogP contribution in [0.4, 0.5) is 0 Å². The number of likely N-dealkylation sites (tertiary alicyclic amines) is 1. The summed E-state index contributed by atoms with van der Waals surface area (Å²) in [6.45, 7) is 1.93. The van der Waals surface area contributed by atoms with Crippen LogP contribution in [-0.4, -0.2) is 47.1 Å². The fourth-order valence-electron chi connectivity index (χ4n) is 2.56. The fraction of sp³-hybridized carbons (Fsp3) is 0.562. The number of nitrogens with zero attached hydrogens (tertiary/aromatic N) is 1. The van der Waals surface area contributed by atoms with Crippen LogP contribution in [0.3, 0.4) is 0 Å². The molecule has 20 heavy (non-hydrogen) atoms. The third-order valence-corrected chi connectivity index (χ3v) is 4.72. The van der Waals surface area contributed by atoms with E-state index in [4.69, 9.17) is 5.11 Å². The highest BCUT2D eigenvalue weighted by atomic mass is 32.2. The third-order valence-electron chi connectivity index (χ3n) is 3.78. The number of thioether (sulfide) groups is 1. The molecule has 1 atom stereocenters. The van der Waals surface area contributed by atoms with Gasteiger partial charge in [0.15, 0.2) is 0 Å². The molecule has 3 nitrogen and oxygen atoms in total. The molecule has 4 heteroatoms. The Morgan fingerprint density at radius 2 is 2.15 bits per heavy atom.